The number of nitrogens with one attached hydrogen (secondary N) is 1. The number of hydrogen-bond donors (Lipinski definition) is 2. The summed E-state index contributed by atoms with van der Waals surface area (Å²) in [7, 11) is -4.06. The number of sulfonamides is 1. The lowest BCUT2D eigenvalue weighted by atomic mass is 10.4. The monoisotopic (exact) mass is 228 g/mol. The molecule has 0 saturated heterocycles. The van der Waals surface area contributed by atoms with Crippen LogP contribution in [0.4, 0.5) is 8.78 Å². The van der Waals surface area contributed by atoms with Crippen molar-refractivity contribution in [1.82, 2.24) is 4.72 Å². The van der Waals surface area contributed by atoms with Gasteiger partial charge in [0.15, 0.2) is 5.25 Å². The van der Waals surface area contributed by atoms with Gasteiger partial charge in [0.2, 0.25) is 10.0 Å². The van der Waals surface area contributed by atoms with E-state index < -0.39 is 34.3 Å². The first-order chi connectivity index (χ1) is 6.25. The van der Waals surface area contributed by atoms with Crippen molar-refractivity contribution in [2.24, 2.45) is 0 Å². The van der Waals surface area contributed by atoms with E-state index in [4.69, 9.17) is 10.4 Å². The first-order valence-corrected chi connectivity index (χ1v) is 5.16. The zero-order valence-electron chi connectivity index (χ0n) is 7.37. The van der Waals surface area contributed by atoms with Crippen LogP contribution in [0, 0.1) is 11.3 Å². The van der Waals surface area contributed by atoms with Gasteiger partial charge in [-0.05, 0) is 6.92 Å². The lowest BCUT2D eigenvalue weighted by Gasteiger charge is -2.14. The highest BCUT2D eigenvalue weighted by Gasteiger charge is 2.31. The number of nitriles is 1. The third kappa shape index (κ3) is 3.95. The first-order valence-electron chi connectivity index (χ1n) is 3.62. The molecule has 0 aromatic carbocycles. The van der Waals surface area contributed by atoms with Crippen LogP contribution < -0.4 is 4.72 Å². The minimum Gasteiger partial charge on any atom is -0.390 e. The zero-order valence-corrected chi connectivity index (χ0v) is 8.18. The lowest BCUT2D eigenvalue weighted by Crippen LogP contribution is -2.41. The summed E-state index contributed by atoms with van der Waals surface area (Å²) in [5.74, 6) is -3.51. The molecule has 0 saturated carbocycles. The van der Waals surface area contributed by atoms with Crippen LogP contribution >= 0.6 is 0 Å². The van der Waals surface area contributed by atoms with E-state index in [9.17, 15) is 17.2 Å². The van der Waals surface area contributed by atoms with Crippen LogP contribution in [-0.4, -0.2) is 37.8 Å². The van der Waals surface area contributed by atoms with Crippen LogP contribution in [0.1, 0.15) is 6.92 Å². The third-order valence-electron chi connectivity index (χ3n) is 1.41. The molecule has 82 valence electrons. The van der Waals surface area contributed by atoms with Gasteiger partial charge in [-0.1, -0.05) is 0 Å². The van der Waals surface area contributed by atoms with E-state index in [0.29, 0.717) is 0 Å². The number of nitrogens with zero attached hydrogens (tertiary/aromatic N) is 1. The molecule has 0 fully saturated rings. The molecule has 0 spiro atoms. The molecule has 0 bridgehead atoms. The van der Waals surface area contributed by atoms with Gasteiger partial charge in [-0.3, -0.25) is 0 Å². The molecule has 0 aromatic heterocycles. The molecule has 0 aliphatic rings. The average molecular weight is 228 g/mol. The Morgan fingerprint density at radius 3 is 2.50 bits per heavy atom. The summed E-state index contributed by atoms with van der Waals surface area (Å²) in [5, 5.41) is 15.0. The van der Waals surface area contributed by atoms with E-state index in [-0.39, 0.29) is 0 Å². The molecule has 0 aromatic rings. The van der Waals surface area contributed by atoms with Crippen molar-refractivity contribution < 1.29 is 22.3 Å². The summed E-state index contributed by atoms with van der Waals surface area (Å²) in [6, 6.07) is 1.40. The van der Waals surface area contributed by atoms with E-state index in [1.54, 1.807) is 4.72 Å². The van der Waals surface area contributed by atoms with Gasteiger partial charge in [0, 0.05) is 0 Å². The second-order valence-corrected chi connectivity index (χ2v) is 4.74. The smallest absolute Gasteiger partial charge is 0.283 e. The van der Waals surface area contributed by atoms with Gasteiger partial charge >= 0.3 is 0 Å². The Labute approximate surface area is 80.4 Å². The Morgan fingerprint density at radius 1 is 1.64 bits per heavy atom. The molecule has 8 heteroatoms. The normalized spacial score (nSPS) is 14.8. The molecule has 1 unspecified atom stereocenters. The number of hydrogen-bond acceptors (Lipinski definition) is 4. The zero-order chi connectivity index (χ0) is 11.4. The third-order valence-corrected chi connectivity index (χ3v) is 2.99. The molecular formula is C6H10F2N2O3S. The van der Waals surface area contributed by atoms with Crippen molar-refractivity contribution in [2.75, 3.05) is 13.2 Å². The Balaban J connectivity index is 4.36. The number of aliphatic hydroxyl groups excluding tert-OH is 1. The van der Waals surface area contributed by atoms with Gasteiger partial charge in [0.25, 0.3) is 5.92 Å². The maximum Gasteiger partial charge on any atom is 0.283 e. The summed E-state index contributed by atoms with van der Waals surface area (Å²) >= 11 is 0. The molecule has 2 N–H and O–H groups in total. The summed E-state index contributed by atoms with van der Waals surface area (Å²) in [4.78, 5) is 0. The second kappa shape index (κ2) is 4.63. The van der Waals surface area contributed by atoms with Crippen LogP contribution in [0.5, 0.6) is 0 Å². The van der Waals surface area contributed by atoms with Crippen LogP contribution in [0.3, 0.4) is 0 Å². The number of halogens is 2. The highest BCUT2D eigenvalue weighted by Crippen LogP contribution is 2.11. The van der Waals surface area contributed by atoms with Gasteiger partial charge in [-0.2, -0.15) is 5.26 Å². The fourth-order valence-electron chi connectivity index (χ4n) is 0.456. The highest BCUT2D eigenvalue weighted by molar-refractivity contribution is 7.90. The minimum absolute atomic E-state index is 1.07. The quantitative estimate of drug-likeness (QED) is 0.660. The summed E-state index contributed by atoms with van der Waals surface area (Å²) in [6.07, 6.45) is 0. The number of aliphatic hydroxyl groups is 1. The molecular weight excluding hydrogens is 218 g/mol. The number of alkyl halides is 2. The van der Waals surface area contributed by atoms with Gasteiger partial charge in [-0.15, -0.1) is 0 Å². The molecule has 0 rings (SSSR count). The molecule has 1 atom stereocenters. The maximum absolute atomic E-state index is 12.4. The lowest BCUT2D eigenvalue weighted by molar-refractivity contribution is -0.0437. The van der Waals surface area contributed by atoms with E-state index in [1.807, 2.05) is 0 Å². The van der Waals surface area contributed by atoms with Gasteiger partial charge < -0.3 is 5.11 Å². The van der Waals surface area contributed by atoms with E-state index in [0.717, 1.165) is 6.92 Å². The van der Waals surface area contributed by atoms with Gasteiger partial charge in [-0.25, -0.2) is 21.9 Å². The second-order valence-electron chi connectivity index (χ2n) is 2.65. The van der Waals surface area contributed by atoms with E-state index >= 15 is 0 Å². The fourth-order valence-corrected chi connectivity index (χ4v) is 1.26. The first kappa shape index (κ1) is 13.2. The molecule has 14 heavy (non-hydrogen) atoms. The maximum atomic E-state index is 12.4. The predicted octanol–water partition coefficient (Wildman–Crippen LogP) is -0.555. The van der Waals surface area contributed by atoms with Crippen LogP contribution in [-0.2, 0) is 10.0 Å². The fraction of sp³-hybridized carbons (Fsp3) is 0.833. The average Bonchev–Trinajstić information content (AvgIpc) is 2.14. The molecule has 5 nitrogen and oxygen atoms in total. The van der Waals surface area contributed by atoms with Gasteiger partial charge in [0.1, 0.15) is 6.61 Å². The van der Waals surface area contributed by atoms with Crippen molar-refractivity contribution >= 4 is 10.0 Å². The van der Waals surface area contributed by atoms with Crippen molar-refractivity contribution in [3.8, 4) is 6.07 Å². The predicted molar refractivity (Wildman–Crippen MR) is 44.0 cm³/mol. The standard InChI is InChI=1S/C6H10F2N2O3S/c1-5(2-9)14(12,13)10-3-6(7,8)4-11/h5,10-11H,3-4H2,1H3. The van der Waals surface area contributed by atoms with Crippen molar-refractivity contribution in [1.29, 1.82) is 5.26 Å². The summed E-state index contributed by atoms with van der Waals surface area (Å²) in [5.41, 5.74) is 0. The minimum atomic E-state index is -4.06. The highest BCUT2D eigenvalue weighted by atomic mass is 32.2. The van der Waals surface area contributed by atoms with E-state index in [1.165, 1.54) is 6.07 Å². The largest absolute Gasteiger partial charge is 0.390 e. The molecule has 0 aliphatic heterocycles. The van der Waals surface area contributed by atoms with E-state index in [2.05, 4.69) is 0 Å². The summed E-state index contributed by atoms with van der Waals surface area (Å²) in [6.45, 7) is -1.59. The number of rotatable bonds is 5. The van der Waals surface area contributed by atoms with Crippen LogP contribution in [0.25, 0.3) is 0 Å². The Kier molecular flexibility index (Phi) is 4.38. The molecule has 0 aliphatic carbocycles. The summed E-state index contributed by atoms with van der Waals surface area (Å²) < 4.78 is 48.3. The molecule has 0 heterocycles. The molecule has 0 amide bonds. The van der Waals surface area contributed by atoms with Crippen molar-refractivity contribution in [3.05, 3.63) is 0 Å². The van der Waals surface area contributed by atoms with Crippen molar-refractivity contribution in [2.45, 2.75) is 18.1 Å². The topological polar surface area (TPSA) is 90.2 Å². The Bertz CT molecular complexity index is 322. The van der Waals surface area contributed by atoms with Crippen LogP contribution in [0.15, 0.2) is 0 Å². The van der Waals surface area contributed by atoms with Crippen LogP contribution in [0.2, 0.25) is 0 Å². The van der Waals surface area contributed by atoms with Gasteiger partial charge in [0.05, 0.1) is 12.6 Å². The van der Waals surface area contributed by atoms with Crippen molar-refractivity contribution in [3.63, 3.8) is 0 Å². The molecule has 0 radical (unpaired) electrons. The Hall–Kier alpha value is -0.780. The Morgan fingerprint density at radius 2 is 2.14 bits per heavy atom. The SMILES string of the molecule is CC(C#N)S(=O)(=O)NCC(F)(F)CO.